The van der Waals surface area contributed by atoms with Gasteiger partial charge in [-0.1, -0.05) is 41.4 Å². The summed E-state index contributed by atoms with van der Waals surface area (Å²) in [4.78, 5) is 5.42. The molecule has 0 saturated heterocycles. The van der Waals surface area contributed by atoms with Crippen molar-refractivity contribution >= 4 is 40.7 Å². The number of hydrogen-bond acceptors (Lipinski definition) is 3. The molecule has 0 radical (unpaired) electrons. The molecule has 1 aromatic heterocycles. The van der Waals surface area contributed by atoms with Crippen LogP contribution in [0.25, 0.3) is 0 Å². The molecular formula is C14H12Cl2N2S. The van der Waals surface area contributed by atoms with Crippen molar-refractivity contribution in [2.24, 2.45) is 0 Å². The molecule has 2 nitrogen and oxygen atoms in total. The Morgan fingerprint density at radius 1 is 1.32 bits per heavy atom. The molecule has 1 N–H and O–H groups in total. The van der Waals surface area contributed by atoms with Crippen LogP contribution >= 0.6 is 35.0 Å². The van der Waals surface area contributed by atoms with E-state index in [1.807, 2.05) is 24.8 Å². The number of rotatable bonds is 2. The third kappa shape index (κ3) is 2.55. The minimum atomic E-state index is 0.264. The Morgan fingerprint density at radius 3 is 2.89 bits per heavy atom. The third-order valence-electron chi connectivity index (χ3n) is 3.16. The molecule has 1 aromatic carbocycles. The van der Waals surface area contributed by atoms with Gasteiger partial charge in [-0.25, -0.2) is 4.98 Å². The van der Waals surface area contributed by atoms with Crippen LogP contribution in [0.15, 0.2) is 35.2 Å². The van der Waals surface area contributed by atoms with Crippen molar-refractivity contribution in [3.05, 3.63) is 51.8 Å². The van der Waals surface area contributed by atoms with Gasteiger partial charge in [-0.05, 0) is 30.2 Å². The Bertz CT molecular complexity index is 608. The van der Waals surface area contributed by atoms with Crippen molar-refractivity contribution in [3.8, 4) is 0 Å². The predicted molar refractivity (Wildman–Crippen MR) is 82.5 cm³/mol. The Balaban J connectivity index is 1.92. The number of halogens is 2. The minimum Gasteiger partial charge on any atom is -0.375 e. The maximum atomic E-state index is 6.18. The highest BCUT2D eigenvalue weighted by atomic mass is 35.5. The van der Waals surface area contributed by atoms with Crippen LogP contribution in [0.5, 0.6) is 0 Å². The third-order valence-corrected chi connectivity index (χ3v) is 4.81. The molecular weight excluding hydrogens is 299 g/mol. The number of pyridine rings is 1. The molecule has 2 heterocycles. The van der Waals surface area contributed by atoms with Crippen LogP contribution in [0.1, 0.15) is 17.2 Å². The van der Waals surface area contributed by atoms with Gasteiger partial charge in [0, 0.05) is 10.6 Å². The number of thioether (sulfide) groups is 1. The van der Waals surface area contributed by atoms with Crippen molar-refractivity contribution in [2.75, 3.05) is 11.1 Å². The zero-order chi connectivity index (χ0) is 13.4. The van der Waals surface area contributed by atoms with Crippen LogP contribution < -0.4 is 5.32 Å². The second kappa shape index (κ2) is 5.23. The number of aryl methyl sites for hydroxylation is 1. The van der Waals surface area contributed by atoms with Gasteiger partial charge in [-0.3, -0.25) is 0 Å². The molecule has 0 amide bonds. The van der Waals surface area contributed by atoms with E-state index in [2.05, 4.69) is 34.6 Å². The first-order valence-electron chi connectivity index (χ1n) is 5.96. The van der Waals surface area contributed by atoms with Crippen molar-refractivity contribution in [1.29, 1.82) is 0 Å². The fourth-order valence-electron chi connectivity index (χ4n) is 2.23. The molecule has 5 heteroatoms. The molecule has 0 saturated carbocycles. The number of fused-ring (bicyclic) bond motifs is 1. The fourth-order valence-corrected chi connectivity index (χ4v) is 3.97. The van der Waals surface area contributed by atoms with Crippen LogP contribution in [0, 0.1) is 6.92 Å². The first-order chi connectivity index (χ1) is 9.15. The molecule has 0 aliphatic carbocycles. The number of hydrogen-bond donors (Lipinski definition) is 1. The largest absolute Gasteiger partial charge is 0.375 e. The van der Waals surface area contributed by atoms with Crippen molar-refractivity contribution in [1.82, 2.24) is 4.98 Å². The number of aromatic nitrogens is 1. The van der Waals surface area contributed by atoms with Gasteiger partial charge < -0.3 is 5.32 Å². The van der Waals surface area contributed by atoms with Crippen molar-refractivity contribution < 1.29 is 0 Å². The molecule has 1 atom stereocenters. The minimum absolute atomic E-state index is 0.264. The lowest BCUT2D eigenvalue weighted by Crippen LogP contribution is -2.11. The molecule has 1 aliphatic heterocycles. The van der Waals surface area contributed by atoms with Gasteiger partial charge in [0.05, 0.1) is 11.7 Å². The maximum absolute atomic E-state index is 6.18. The smallest absolute Gasteiger partial charge is 0.154 e. The molecule has 3 rings (SSSR count). The van der Waals surface area contributed by atoms with E-state index in [0.717, 1.165) is 17.0 Å². The standard InChI is InChI=1S/C14H12Cl2N2S/c1-8-6-12(15)18-14(16)13(8)17-10-7-19-11-5-3-2-4-9(10)11/h2-6,10,17H,7H2,1H3. The quantitative estimate of drug-likeness (QED) is 0.794. The average molecular weight is 311 g/mol. The summed E-state index contributed by atoms with van der Waals surface area (Å²) >= 11 is 13.9. The molecule has 0 bridgehead atoms. The van der Waals surface area contributed by atoms with Crippen LogP contribution in [-0.4, -0.2) is 10.7 Å². The summed E-state index contributed by atoms with van der Waals surface area (Å²) in [7, 11) is 0. The van der Waals surface area contributed by atoms with Crippen LogP contribution in [-0.2, 0) is 0 Å². The molecule has 19 heavy (non-hydrogen) atoms. The second-order valence-corrected chi connectivity index (χ2v) is 6.28. The van der Waals surface area contributed by atoms with E-state index in [4.69, 9.17) is 23.2 Å². The SMILES string of the molecule is Cc1cc(Cl)nc(Cl)c1NC1CSc2ccccc21. The highest BCUT2D eigenvalue weighted by molar-refractivity contribution is 7.99. The highest BCUT2D eigenvalue weighted by Gasteiger charge is 2.23. The summed E-state index contributed by atoms with van der Waals surface area (Å²) in [5.74, 6) is 0.998. The van der Waals surface area contributed by atoms with E-state index in [1.54, 1.807) is 0 Å². The summed E-state index contributed by atoms with van der Waals surface area (Å²) in [6, 6.07) is 10.5. The zero-order valence-electron chi connectivity index (χ0n) is 10.3. The Hall–Kier alpha value is -0.900. The summed E-state index contributed by atoms with van der Waals surface area (Å²) in [5.41, 5.74) is 3.20. The first kappa shape index (κ1) is 13.1. The van der Waals surface area contributed by atoms with Gasteiger partial charge in [0.15, 0.2) is 5.15 Å². The molecule has 0 fully saturated rings. The van der Waals surface area contributed by atoms with E-state index >= 15 is 0 Å². The second-order valence-electron chi connectivity index (χ2n) is 4.47. The van der Waals surface area contributed by atoms with Crippen LogP contribution in [0.4, 0.5) is 5.69 Å². The number of nitrogens with zero attached hydrogens (tertiary/aromatic N) is 1. The Labute approximate surface area is 126 Å². The van der Waals surface area contributed by atoms with Crippen LogP contribution in [0.3, 0.4) is 0 Å². The maximum Gasteiger partial charge on any atom is 0.154 e. The molecule has 1 aliphatic rings. The summed E-state index contributed by atoms with van der Waals surface area (Å²) in [6.45, 7) is 1.98. The Morgan fingerprint density at radius 2 is 2.11 bits per heavy atom. The van der Waals surface area contributed by atoms with E-state index < -0.39 is 0 Å². The first-order valence-corrected chi connectivity index (χ1v) is 7.70. The van der Waals surface area contributed by atoms with Gasteiger partial charge in [0.25, 0.3) is 0 Å². The van der Waals surface area contributed by atoms with Gasteiger partial charge in [-0.2, -0.15) is 0 Å². The normalized spacial score (nSPS) is 17.3. The fraction of sp³-hybridized carbons (Fsp3) is 0.214. The van der Waals surface area contributed by atoms with Crippen molar-refractivity contribution in [3.63, 3.8) is 0 Å². The lowest BCUT2D eigenvalue weighted by Gasteiger charge is -2.17. The number of nitrogens with one attached hydrogen (secondary N) is 1. The molecule has 0 spiro atoms. The van der Waals surface area contributed by atoms with Gasteiger partial charge in [-0.15, -0.1) is 11.8 Å². The van der Waals surface area contributed by atoms with Gasteiger partial charge >= 0.3 is 0 Å². The highest BCUT2D eigenvalue weighted by Crippen LogP contribution is 2.41. The summed E-state index contributed by atoms with van der Waals surface area (Å²) in [6.07, 6.45) is 0. The summed E-state index contributed by atoms with van der Waals surface area (Å²) < 4.78 is 0. The van der Waals surface area contributed by atoms with E-state index in [9.17, 15) is 0 Å². The summed E-state index contributed by atoms with van der Waals surface area (Å²) in [5, 5.41) is 4.34. The molecule has 2 aromatic rings. The predicted octanol–water partition coefficient (Wildman–Crippen LogP) is 4.96. The lowest BCUT2D eigenvalue weighted by atomic mass is 10.1. The monoisotopic (exact) mass is 310 g/mol. The molecule has 1 unspecified atom stereocenters. The van der Waals surface area contributed by atoms with E-state index in [0.29, 0.717) is 10.3 Å². The Kier molecular flexibility index (Phi) is 3.61. The zero-order valence-corrected chi connectivity index (χ0v) is 12.6. The van der Waals surface area contributed by atoms with Gasteiger partial charge in [0.2, 0.25) is 0 Å². The molecule has 98 valence electrons. The number of benzene rings is 1. The van der Waals surface area contributed by atoms with Crippen molar-refractivity contribution in [2.45, 2.75) is 17.9 Å². The topological polar surface area (TPSA) is 24.9 Å². The van der Waals surface area contributed by atoms with Crippen LogP contribution in [0.2, 0.25) is 10.3 Å². The average Bonchev–Trinajstić information content (AvgIpc) is 2.77. The number of anilines is 1. The van der Waals surface area contributed by atoms with E-state index in [1.165, 1.54) is 10.5 Å². The van der Waals surface area contributed by atoms with E-state index in [-0.39, 0.29) is 6.04 Å². The lowest BCUT2D eigenvalue weighted by molar-refractivity contribution is 0.895. The van der Waals surface area contributed by atoms with Gasteiger partial charge in [0.1, 0.15) is 5.15 Å².